The summed E-state index contributed by atoms with van der Waals surface area (Å²) in [5.41, 5.74) is 2.20. The lowest BCUT2D eigenvalue weighted by atomic mass is 10.2. The number of pyridine rings is 1. The molecule has 1 atom stereocenters. The van der Waals surface area contributed by atoms with Crippen molar-refractivity contribution in [1.82, 2.24) is 33.9 Å². The van der Waals surface area contributed by atoms with Gasteiger partial charge >= 0.3 is 0 Å². The van der Waals surface area contributed by atoms with Gasteiger partial charge in [-0.15, -0.1) is 10.2 Å². The Morgan fingerprint density at radius 1 is 1.21 bits per heavy atom. The van der Waals surface area contributed by atoms with Crippen LogP contribution in [-0.4, -0.2) is 59.5 Å². The van der Waals surface area contributed by atoms with Gasteiger partial charge in [0.2, 0.25) is 5.65 Å². The molecular weight excluding hydrogens is 356 g/mol. The standard InChI is InChI=1S/C19H20N8O/c1-14-11-24(12-15-10-17(28)27-6-3-2-4-16(27)22-15)8-9-26(14)18-19-23-21-13-25(19)7-5-20-18/h2-7,10,13-14H,8-9,11-12H2,1H3. The van der Waals surface area contributed by atoms with Crippen LogP contribution >= 0.6 is 0 Å². The van der Waals surface area contributed by atoms with Gasteiger partial charge in [0.15, 0.2) is 5.82 Å². The molecule has 0 bridgehead atoms. The summed E-state index contributed by atoms with van der Waals surface area (Å²) in [4.78, 5) is 26.1. The van der Waals surface area contributed by atoms with E-state index in [4.69, 9.17) is 0 Å². The number of hydrogen-bond acceptors (Lipinski definition) is 7. The first-order valence-electron chi connectivity index (χ1n) is 9.30. The maximum absolute atomic E-state index is 12.3. The molecule has 5 heterocycles. The van der Waals surface area contributed by atoms with Crippen LogP contribution in [0.15, 0.2) is 54.0 Å². The number of fused-ring (bicyclic) bond motifs is 2. The molecule has 28 heavy (non-hydrogen) atoms. The van der Waals surface area contributed by atoms with Gasteiger partial charge in [0.25, 0.3) is 5.56 Å². The summed E-state index contributed by atoms with van der Waals surface area (Å²) >= 11 is 0. The Hall–Kier alpha value is -3.33. The van der Waals surface area contributed by atoms with E-state index in [1.165, 1.54) is 0 Å². The molecule has 0 amide bonds. The summed E-state index contributed by atoms with van der Waals surface area (Å²) in [5.74, 6) is 0.856. The van der Waals surface area contributed by atoms with Crippen molar-refractivity contribution in [2.75, 3.05) is 24.5 Å². The molecule has 142 valence electrons. The first-order valence-corrected chi connectivity index (χ1v) is 9.30. The lowest BCUT2D eigenvalue weighted by Crippen LogP contribution is -2.52. The largest absolute Gasteiger partial charge is 0.348 e. The van der Waals surface area contributed by atoms with E-state index in [1.807, 2.05) is 28.8 Å². The van der Waals surface area contributed by atoms with Crippen LogP contribution in [-0.2, 0) is 6.54 Å². The average Bonchev–Trinajstić information content (AvgIpc) is 3.17. The van der Waals surface area contributed by atoms with Crippen LogP contribution in [0.2, 0.25) is 0 Å². The number of nitrogens with zero attached hydrogens (tertiary/aromatic N) is 8. The second kappa shape index (κ2) is 6.68. The SMILES string of the molecule is CC1CN(Cc2cc(=O)n3ccccc3n2)CCN1c1nccn2cnnc12. The van der Waals surface area contributed by atoms with Crippen molar-refractivity contribution in [2.24, 2.45) is 0 Å². The van der Waals surface area contributed by atoms with Crippen LogP contribution in [0.5, 0.6) is 0 Å². The predicted molar refractivity (Wildman–Crippen MR) is 104 cm³/mol. The van der Waals surface area contributed by atoms with E-state index in [9.17, 15) is 4.79 Å². The number of hydrogen-bond donors (Lipinski definition) is 0. The summed E-state index contributed by atoms with van der Waals surface area (Å²) in [6.07, 6.45) is 7.06. The van der Waals surface area contributed by atoms with Crippen molar-refractivity contribution < 1.29 is 0 Å². The highest BCUT2D eigenvalue weighted by Gasteiger charge is 2.27. The molecule has 1 aliphatic heterocycles. The Kier molecular flexibility index (Phi) is 4.01. The number of piperazine rings is 1. The van der Waals surface area contributed by atoms with Gasteiger partial charge in [0.05, 0.1) is 5.69 Å². The quantitative estimate of drug-likeness (QED) is 0.524. The van der Waals surface area contributed by atoms with E-state index in [0.717, 1.165) is 36.8 Å². The van der Waals surface area contributed by atoms with Crippen molar-refractivity contribution in [3.8, 4) is 0 Å². The highest BCUT2D eigenvalue weighted by molar-refractivity contribution is 5.63. The van der Waals surface area contributed by atoms with Crippen LogP contribution in [0.1, 0.15) is 12.6 Å². The third-order valence-corrected chi connectivity index (χ3v) is 5.19. The number of anilines is 1. The van der Waals surface area contributed by atoms with Crippen LogP contribution in [0, 0.1) is 0 Å². The molecule has 1 unspecified atom stereocenters. The maximum Gasteiger partial charge on any atom is 0.258 e. The fourth-order valence-corrected chi connectivity index (χ4v) is 3.85. The van der Waals surface area contributed by atoms with Crippen LogP contribution in [0.3, 0.4) is 0 Å². The zero-order chi connectivity index (χ0) is 19.1. The molecule has 1 aliphatic rings. The Bertz CT molecular complexity index is 1200. The molecule has 5 rings (SSSR count). The molecule has 4 aromatic rings. The highest BCUT2D eigenvalue weighted by Crippen LogP contribution is 2.22. The van der Waals surface area contributed by atoms with Gasteiger partial charge in [-0.05, 0) is 19.1 Å². The second-order valence-electron chi connectivity index (χ2n) is 7.10. The summed E-state index contributed by atoms with van der Waals surface area (Å²) in [5, 5.41) is 8.18. The van der Waals surface area contributed by atoms with Gasteiger partial charge in [0, 0.05) is 56.9 Å². The zero-order valence-electron chi connectivity index (χ0n) is 15.5. The van der Waals surface area contributed by atoms with E-state index >= 15 is 0 Å². The molecule has 0 saturated carbocycles. The Labute approximate surface area is 160 Å². The second-order valence-corrected chi connectivity index (χ2v) is 7.10. The molecule has 1 fully saturated rings. The highest BCUT2D eigenvalue weighted by atomic mass is 16.1. The Morgan fingerprint density at radius 3 is 3.04 bits per heavy atom. The first-order chi connectivity index (χ1) is 13.7. The van der Waals surface area contributed by atoms with Crippen molar-refractivity contribution in [2.45, 2.75) is 19.5 Å². The van der Waals surface area contributed by atoms with E-state index in [0.29, 0.717) is 12.2 Å². The van der Waals surface area contributed by atoms with Crippen LogP contribution in [0.25, 0.3) is 11.3 Å². The van der Waals surface area contributed by atoms with Gasteiger partial charge in [-0.25, -0.2) is 9.97 Å². The van der Waals surface area contributed by atoms with Gasteiger partial charge in [-0.2, -0.15) is 0 Å². The Morgan fingerprint density at radius 2 is 2.14 bits per heavy atom. The third kappa shape index (κ3) is 2.89. The summed E-state index contributed by atoms with van der Waals surface area (Å²) < 4.78 is 3.45. The molecule has 4 aromatic heterocycles. The van der Waals surface area contributed by atoms with E-state index in [1.54, 1.807) is 29.2 Å². The minimum Gasteiger partial charge on any atom is -0.348 e. The van der Waals surface area contributed by atoms with Crippen molar-refractivity contribution in [3.05, 3.63) is 65.2 Å². The summed E-state index contributed by atoms with van der Waals surface area (Å²) in [7, 11) is 0. The van der Waals surface area contributed by atoms with Crippen molar-refractivity contribution in [1.29, 1.82) is 0 Å². The smallest absolute Gasteiger partial charge is 0.258 e. The van der Waals surface area contributed by atoms with Crippen LogP contribution < -0.4 is 10.5 Å². The number of aromatic nitrogens is 6. The van der Waals surface area contributed by atoms with E-state index in [2.05, 4.69) is 36.9 Å². The van der Waals surface area contributed by atoms with Crippen LogP contribution in [0.4, 0.5) is 5.82 Å². The predicted octanol–water partition coefficient (Wildman–Crippen LogP) is 0.843. The lowest BCUT2D eigenvalue weighted by Gasteiger charge is -2.40. The molecule has 0 radical (unpaired) electrons. The molecule has 0 N–H and O–H groups in total. The maximum atomic E-state index is 12.3. The van der Waals surface area contributed by atoms with Gasteiger partial charge < -0.3 is 4.90 Å². The third-order valence-electron chi connectivity index (χ3n) is 5.19. The molecular formula is C19H20N8O. The minimum absolute atomic E-state index is 0.0463. The fraction of sp³-hybridized carbons (Fsp3) is 0.316. The topological polar surface area (TPSA) is 83.9 Å². The lowest BCUT2D eigenvalue weighted by molar-refractivity contribution is 0.218. The summed E-state index contributed by atoms with van der Waals surface area (Å²) in [6.45, 7) is 5.37. The molecule has 9 heteroatoms. The first kappa shape index (κ1) is 16.8. The van der Waals surface area contributed by atoms with Crippen molar-refractivity contribution in [3.63, 3.8) is 0 Å². The van der Waals surface area contributed by atoms with Crippen molar-refractivity contribution >= 4 is 17.1 Å². The molecule has 0 aliphatic carbocycles. The van der Waals surface area contributed by atoms with Gasteiger partial charge in [0.1, 0.15) is 12.0 Å². The molecule has 1 saturated heterocycles. The van der Waals surface area contributed by atoms with E-state index < -0.39 is 0 Å². The molecule has 0 aromatic carbocycles. The fourth-order valence-electron chi connectivity index (χ4n) is 3.85. The zero-order valence-corrected chi connectivity index (χ0v) is 15.5. The normalized spacial score (nSPS) is 18.2. The Balaban J connectivity index is 1.35. The van der Waals surface area contributed by atoms with Gasteiger partial charge in [-0.1, -0.05) is 6.07 Å². The molecule has 0 spiro atoms. The average molecular weight is 376 g/mol. The van der Waals surface area contributed by atoms with E-state index in [-0.39, 0.29) is 11.6 Å². The number of rotatable bonds is 3. The monoisotopic (exact) mass is 376 g/mol. The van der Waals surface area contributed by atoms with Gasteiger partial charge in [-0.3, -0.25) is 18.5 Å². The minimum atomic E-state index is -0.0463. The summed E-state index contributed by atoms with van der Waals surface area (Å²) in [6, 6.07) is 7.47. The molecule has 9 nitrogen and oxygen atoms in total.